The maximum atomic E-state index is 13.0. The zero-order chi connectivity index (χ0) is 14.8. The number of carbonyl (C=O) groups excluding carboxylic acids is 2. The number of nitrogens with two attached hydrogens (primary N) is 1. The molecule has 2 aliphatic heterocycles. The van der Waals surface area contributed by atoms with Crippen LogP contribution < -0.4 is 11.1 Å². The monoisotopic (exact) mass is 281 g/mol. The van der Waals surface area contributed by atoms with Gasteiger partial charge in [0.25, 0.3) is 0 Å². The molecule has 20 heavy (non-hydrogen) atoms. The number of amides is 2. The molecule has 2 saturated heterocycles. The minimum absolute atomic E-state index is 0.180. The Balaban J connectivity index is 2.14. The van der Waals surface area contributed by atoms with E-state index in [9.17, 15) is 9.59 Å². The fourth-order valence-corrected chi connectivity index (χ4v) is 3.53. The number of rotatable bonds is 3. The second-order valence-corrected chi connectivity index (χ2v) is 6.40. The first-order chi connectivity index (χ1) is 9.50. The molecule has 2 rings (SSSR count). The molecule has 3 N–H and O–H groups in total. The molecule has 0 spiro atoms. The van der Waals surface area contributed by atoms with Crippen molar-refractivity contribution in [3.8, 4) is 0 Å². The first-order valence-corrected chi connectivity index (χ1v) is 7.81. The smallest absolute Gasteiger partial charge is 0.230 e. The van der Waals surface area contributed by atoms with Gasteiger partial charge in [-0.2, -0.15) is 0 Å². The average molecular weight is 281 g/mol. The highest BCUT2D eigenvalue weighted by Gasteiger charge is 2.43. The van der Waals surface area contributed by atoms with E-state index in [4.69, 9.17) is 5.73 Å². The lowest BCUT2D eigenvalue weighted by Gasteiger charge is -2.44. The Kier molecular flexibility index (Phi) is 4.68. The van der Waals surface area contributed by atoms with E-state index in [0.29, 0.717) is 6.54 Å². The molecule has 2 heterocycles. The molecule has 0 saturated carbocycles. The summed E-state index contributed by atoms with van der Waals surface area (Å²) in [5.74, 6) is -0.242. The second-order valence-electron chi connectivity index (χ2n) is 6.40. The van der Waals surface area contributed by atoms with Crippen molar-refractivity contribution in [3.05, 3.63) is 0 Å². The van der Waals surface area contributed by atoms with Crippen molar-refractivity contribution in [3.63, 3.8) is 0 Å². The number of primary amides is 1. The summed E-state index contributed by atoms with van der Waals surface area (Å²) in [5.41, 5.74) is 5.14. The minimum Gasteiger partial charge on any atom is -0.369 e. The van der Waals surface area contributed by atoms with Gasteiger partial charge in [0.05, 0.1) is 11.3 Å². The number of hydrogen-bond donors (Lipinski definition) is 2. The zero-order valence-corrected chi connectivity index (χ0v) is 12.7. The Bertz CT molecular complexity index is 377. The van der Waals surface area contributed by atoms with E-state index in [1.165, 1.54) is 0 Å². The van der Waals surface area contributed by atoms with Crippen molar-refractivity contribution in [2.75, 3.05) is 19.6 Å². The average Bonchev–Trinajstić information content (AvgIpc) is 2.47. The molecule has 3 unspecified atom stereocenters. The fourth-order valence-electron chi connectivity index (χ4n) is 3.53. The van der Waals surface area contributed by atoms with E-state index in [1.54, 1.807) is 0 Å². The van der Waals surface area contributed by atoms with Crippen LogP contribution in [0.4, 0.5) is 0 Å². The molecule has 2 aliphatic rings. The highest BCUT2D eigenvalue weighted by Crippen LogP contribution is 2.35. The molecule has 114 valence electrons. The molecule has 0 radical (unpaired) electrons. The topological polar surface area (TPSA) is 75.4 Å². The standard InChI is InChI=1S/C15H27N3O2/c1-3-15(7-4-8-17-10-15)14(20)18-9-12(13(16)19)6-5-11(18)2/h11-12,17H,3-10H2,1-2H3,(H2,16,19). The molecule has 2 amide bonds. The van der Waals surface area contributed by atoms with Crippen LogP contribution in [0.15, 0.2) is 0 Å². The van der Waals surface area contributed by atoms with Crippen molar-refractivity contribution < 1.29 is 9.59 Å². The lowest BCUT2D eigenvalue weighted by Crippen LogP contribution is -2.57. The van der Waals surface area contributed by atoms with Crippen LogP contribution in [0.25, 0.3) is 0 Å². The van der Waals surface area contributed by atoms with E-state index in [2.05, 4.69) is 19.2 Å². The third-order valence-corrected chi connectivity index (χ3v) is 5.15. The summed E-state index contributed by atoms with van der Waals surface area (Å²) in [4.78, 5) is 26.4. The minimum atomic E-state index is -0.286. The first-order valence-electron chi connectivity index (χ1n) is 7.81. The highest BCUT2D eigenvalue weighted by atomic mass is 16.2. The van der Waals surface area contributed by atoms with Crippen LogP contribution in [0.3, 0.4) is 0 Å². The molecule has 0 aromatic heterocycles. The van der Waals surface area contributed by atoms with Gasteiger partial charge in [0.2, 0.25) is 11.8 Å². The van der Waals surface area contributed by atoms with Crippen LogP contribution in [0, 0.1) is 11.3 Å². The van der Waals surface area contributed by atoms with Crippen LogP contribution in [-0.2, 0) is 9.59 Å². The quantitative estimate of drug-likeness (QED) is 0.806. The summed E-state index contributed by atoms with van der Waals surface area (Å²) in [5, 5.41) is 3.36. The van der Waals surface area contributed by atoms with Crippen LogP contribution in [-0.4, -0.2) is 42.4 Å². The SMILES string of the molecule is CCC1(C(=O)N2CC(C(N)=O)CCC2C)CCCNC1. The first kappa shape index (κ1) is 15.3. The molecule has 5 heteroatoms. The van der Waals surface area contributed by atoms with E-state index >= 15 is 0 Å². The Morgan fingerprint density at radius 1 is 1.40 bits per heavy atom. The van der Waals surface area contributed by atoms with Gasteiger partial charge in [-0.05, 0) is 45.6 Å². The predicted molar refractivity (Wildman–Crippen MR) is 77.9 cm³/mol. The third kappa shape index (κ3) is 2.82. The summed E-state index contributed by atoms with van der Waals surface area (Å²) >= 11 is 0. The third-order valence-electron chi connectivity index (χ3n) is 5.15. The highest BCUT2D eigenvalue weighted by molar-refractivity contribution is 5.85. The number of piperidine rings is 2. The van der Waals surface area contributed by atoms with Gasteiger partial charge < -0.3 is 16.0 Å². The van der Waals surface area contributed by atoms with Crippen molar-refractivity contribution in [2.45, 2.75) is 52.0 Å². The largest absolute Gasteiger partial charge is 0.369 e. The van der Waals surface area contributed by atoms with E-state index < -0.39 is 0 Å². The van der Waals surface area contributed by atoms with Gasteiger partial charge in [0, 0.05) is 19.1 Å². The van der Waals surface area contributed by atoms with Crippen molar-refractivity contribution in [2.24, 2.45) is 17.1 Å². The van der Waals surface area contributed by atoms with Crippen molar-refractivity contribution >= 4 is 11.8 Å². The Labute approximate surface area is 121 Å². The number of likely N-dealkylation sites (tertiary alicyclic amines) is 1. The summed E-state index contributed by atoms with van der Waals surface area (Å²) in [6.45, 7) is 6.41. The number of hydrogen-bond acceptors (Lipinski definition) is 3. The van der Waals surface area contributed by atoms with E-state index in [1.807, 2.05) is 4.90 Å². The summed E-state index contributed by atoms with van der Waals surface area (Å²) in [7, 11) is 0. The molecule has 0 bridgehead atoms. The lowest BCUT2D eigenvalue weighted by molar-refractivity contribution is -0.149. The molecule has 0 aromatic rings. The Morgan fingerprint density at radius 2 is 2.15 bits per heavy atom. The fraction of sp³-hybridized carbons (Fsp3) is 0.867. The van der Waals surface area contributed by atoms with Gasteiger partial charge in [-0.1, -0.05) is 6.92 Å². The molecule has 0 aliphatic carbocycles. The number of nitrogens with zero attached hydrogens (tertiary/aromatic N) is 1. The Morgan fingerprint density at radius 3 is 2.70 bits per heavy atom. The summed E-state index contributed by atoms with van der Waals surface area (Å²) < 4.78 is 0. The van der Waals surface area contributed by atoms with E-state index in [-0.39, 0.29) is 29.2 Å². The van der Waals surface area contributed by atoms with Gasteiger partial charge >= 0.3 is 0 Å². The zero-order valence-electron chi connectivity index (χ0n) is 12.7. The maximum Gasteiger partial charge on any atom is 0.230 e. The molecule has 5 nitrogen and oxygen atoms in total. The molecular formula is C15H27N3O2. The molecule has 2 fully saturated rings. The van der Waals surface area contributed by atoms with Crippen LogP contribution in [0.5, 0.6) is 0 Å². The van der Waals surface area contributed by atoms with Crippen molar-refractivity contribution in [1.29, 1.82) is 0 Å². The molecule has 0 aromatic carbocycles. The molecular weight excluding hydrogens is 254 g/mol. The second kappa shape index (κ2) is 6.12. The predicted octanol–water partition coefficient (Wildman–Crippen LogP) is 0.879. The maximum absolute atomic E-state index is 13.0. The molecule has 3 atom stereocenters. The van der Waals surface area contributed by atoms with Crippen LogP contribution in [0.2, 0.25) is 0 Å². The van der Waals surface area contributed by atoms with Crippen molar-refractivity contribution in [1.82, 2.24) is 10.2 Å². The van der Waals surface area contributed by atoms with Gasteiger partial charge in [0.15, 0.2) is 0 Å². The summed E-state index contributed by atoms with van der Waals surface area (Å²) in [6, 6.07) is 0.212. The normalized spacial score (nSPS) is 34.8. The van der Waals surface area contributed by atoms with E-state index in [0.717, 1.165) is 45.2 Å². The summed E-state index contributed by atoms with van der Waals surface area (Å²) in [6.07, 6.45) is 4.51. The number of nitrogens with one attached hydrogen (secondary N) is 1. The lowest BCUT2D eigenvalue weighted by atomic mass is 9.76. The van der Waals surface area contributed by atoms with Gasteiger partial charge in [-0.25, -0.2) is 0 Å². The van der Waals surface area contributed by atoms with Gasteiger partial charge in [0.1, 0.15) is 0 Å². The van der Waals surface area contributed by atoms with Crippen LogP contribution >= 0.6 is 0 Å². The number of carbonyl (C=O) groups is 2. The van der Waals surface area contributed by atoms with Gasteiger partial charge in [-0.3, -0.25) is 9.59 Å². The Hall–Kier alpha value is -1.10. The van der Waals surface area contributed by atoms with Gasteiger partial charge in [-0.15, -0.1) is 0 Å². The van der Waals surface area contributed by atoms with Crippen LogP contribution in [0.1, 0.15) is 46.0 Å².